The van der Waals surface area contributed by atoms with Gasteiger partial charge in [0, 0.05) is 11.8 Å². The van der Waals surface area contributed by atoms with Gasteiger partial charge in [-0.25, -0.2) is 9.18 Å². The van der Waals surface area contributed by atoms with Crippen LogP contribution < -0.4 is 5.32 Å². The highest BCUT2D eigenvalue weighted by atomic mass is 19.1. The van der Waals surface area contributed by atoms with E-state index in [-0.39, 0.29) is 0 Å². The normalized spacial score (nSPS) is 9.68. The number of ether oxygens (including phenoxy) is 1. The van der Waals surface area contributed by atoms with Gasteiger partial charge in [-0.05, 0) is 38.5 Å². The van der Waals surface area contributed by atoms with Gasteiger partial charge in [-0.2, -0.15) is 0 Å². The van der Waals surface area contributed by atoms with E-state index in [9.17, 15) is 14.0 Å². The smallest absolute Gasteiger partial charge is 0.331 e. The first-order valence-corrected chi connectivity index (χ1v) is 5.76. The van der Waals surface area contributed by atoms with E-state index in [1.165, 1.54) is 12.1 Å². The number of amides is 1. The Hall–Kier alpha value is -2.17. The number of rotatable bonds is 4. The number of aryl methyl sites for hydroxylation is 1. The highest BCUT2D eigenvalue weighted by Crippen LogP contribution is 2.13. The van der Waals surface area contributed by atoms with Crippen LogP contribution in [-0.4, -0.2) is 18.5 Å². The van der Waals surface area contributed by atoms with E-state index in [1.54, 1.807) is 32.9 Å². The Morgan fingerprint density at radius 3 is 2.63 bits per heavy atom. The Bertz CT molecular complexity index is 519. The maximum Gasteiger partial charge on any atom is 0.331 e. The highest BCUT2D eigenvalue weighted by molar-refractivity contribution is 5.93. The summed E-state index contributed by atoms with van der Waals surface area (Å²) in [6.07, 6.45) is 1.29. The highest BCUT2D eigenvalue weighted by Gasteiger charge is 2.07. The van der Waals surface area contributed by atoms with E-state index in [0.29, 0.717) is 11.3 Å². The summed E-state index contributed by atoms with van der Waals surface area (Å²) in [5.74, 6) is -1.50. The predicted octanol–water partition coefficient (Wildman–Crippen LogP) is 2.58. The molecule has 0 fully saturated rings. The molecule has 0 saturated heterocycles. The van der Waals surface area contributed by atoms with Crippen molar-refractivity contribution in [1.82, 2.24) is 0 Å². The molecule has 1 aromatic rings. The average molecular weight is 265 g/mol. The van der Waals surface area contributed by atoms with E-state index in [2.05, 4.69) is 5.32 Å². The molecule has 19 heavy (non-hydrogen) atoms. The summed E-state index contributed by atoms with van der Waals surface area (Å²) in [7, 11) is 0. The third kappa shape index (κ3) is 5.33. The molecule has 0 radical (unpaired) electrons. The molecule has 0 atom stereocenters. The Morgan fingerprint density at radius 1 is 1.37 bits per heavy atom. The van der Waals surface area contributed by atoms with Crippen LogP contribution in [0.1, 0.15) is 19.4 Å². The van der Waals surface area contributed by atoms with Crippen molar-refractivity contribution >= 4 is 17.6 Å². The van der Waals surface area contributed by atoms with Gasteiger partial charge in [0.05, 0.1) is 0 Å². The van der Waals surface area contributed by atoms with E-state index >= 15 is 0 Å². The molecule has 4 nitrogen and oxygen atoms in total. The lowest BCUT2D eigenvalue weighted by Gasteiger charge is -2.06. The number of anilines is 1. The van der Waals surface area contributed by atoms with Crippen molar-refractivity contribution in [2.75, 3.05) is 11.9 Å². The van der Waals surface area contributed by atoms with E-state index < -0.39 is 24.3 Å². The third-order valence-electron chi connectivity index (χ3n) is 2.21. The molecule has 0 unspecified atom stereocenters. The molecule has 5 heteroatoms. The lowest BCUT2D eigenvalue weighted by Crippen LogP contribution is -2.20. The Labute approximate surface area is 111 Å². The number of allylic oxidation sites excluding steroid dienone is 1. The Morgan fingerprint density at radius 2 is 2.05 bits per heavy atom. The summed E-state index contributed by atoms with van der Waals surface area (Å²) < 4.78 is 18.0. The quantitative estimate of drug-likeness (QED) is 0.672. The first kappa shape index (κ1) is 14.9. The molecular weight excluding hydrogens is 249 g/mol. The van der Waals surface area contributed by atoms with Crippen LogP contribution in [0.5, 0.6) is 0 Å². The predicted molar refractivity (Wildman–Crippen MR) is 70.2 cm³/mol. The van der Waals surface area contributed by atoms with Crippen LogP contribution in [0.25, 0.3) is 0 Å². The number of carbonyl (C=O) groups excluding carboxylic acids is 2. The fourth-order valence-electron chi connectivity index (χ4n) is 1.28. The van der Waals surface area contributed by atoms with Crippen molar-refractivity contribution in [3.63, 3.8) is 0 Å². The second kappa shape index (κ2) is 6.68. The van der Waals surface area contributed by atoms with Crippen LogP contribution >= 0.6 is 0 Å². The molecule has 1 aromatic carbocycles. The summed E-state index contributed by atoms with van der Waals surface area (Å²) in [5, 5.41) is 2.44. The van der Waals surface area contributed by atoms with Crippen LogP contribution in [-0.2, 0) is 14.3 Å². The van der Waals surface area contributed by atoms with Gasteiger partial charge in [0.15, 0.2) is 6.61 Å². The number of esters is 1. The molecule has 0 aliphatic rings. The maximum absolute atomic E-state index is 13.2. The number of halogens is 1. The van der Waals surface area contributed by atoms with Crippen LogP contribution in [0.3, 0.4) is 0 Å². The summed E-state index contributed by atoms with van der Waals surface area (Å²) in [4.78, 5) is 22.6. The van der Waals surface area contributed by atoms with Gasteiger partial charge in [-0.15, -0.1) is 0 Å². The Balaban J connectivity index is 2.49. The standard InChI is InChI=1S/C14H16FNO3/c1-9(2)6-14(18)19-8-13(17)16-11-5-4-10(3)12(15)7-11/h4-7H,8H2,1-3H3,(H,16,17). The van der Waals surface area contributed by atoms with Crippen molar-refractivity contribution in [2.45, 2.75) is 20.8 Å². The number of benzene rings is 1. The number of nitrogens with one attached hydrogen (secondary N) is 1. The molecule has 1 N–H and O–H groups in total. The zero-order valence-electron chi connectivity index (χ0n) is 11.1. The molecule has 0 spiro atoms. The summed E-state index contributed by atoms with van der Waals surface area (Å²) in [5.41, 5.74) is 1.60. The molecule has 102 valence electrons. The van der Waals surface area contributed by atoms with Crippen molar-refractivity contribution in [3.8, 4) is 0 Å². The second-order valence-corrected chi connectivity index (χ2v) is 4.34. The topological polar surface area (TPSA) is 55.4 Å². The number of hydrogen-bond donors (Lipinski definition) is 1. The number of hydrogen-bond acceptors (Lipinski definition) is 3. The molecule has 0 aromatic heterocycles. The SMILES string of the molecule is CC(C)=CC(=O)OCC(=O)Nc1ccc(C)c(F)c1. The van der Waals surface area contributed by atoms with E-state index in [1.807, 2.05) is 0 Å². The summed E-state index contributed by atoms with van der Waals surface area (Å²) in [6, 6.07) is 4.35. The maximum atomic E-state index is 13.2. The third-order valence-corrected chi connectivity index (χ3v) is 2.21. The molecule has 1 rings (SSSR count). The molecule has 0 bridgehead atoms. The van der Waals surface area contributed by atoms with Gasteiger partial charge in [-0.1, -0.05) is 11.6 Å². The van der Waals surface area contributed by atoms with Crippen LogP contribution in [0.2, 0.25) is 0 Å². The lowest BCUT2D eigenvalue weighted by atomic mass is 10.2. The minimum Gasteiger partial charge on any atom is -0.452 e. The second-order valence-electron chi connectivity index (χ2n) is 4.34. The molecule has 0 aliphatic heterocycles. The molecule has 0 heterocycles. The van der Waals surface area contributed by atoms with Crippen molar-refractivity contribution in [3.05, 3.63) is 41.2 Å². The largest absolute Gasteiger partial charge is 0.452 e. The van der Waals surface area contributed by atoms with Gasteiger partial charge in [-0.3, -0.25) is 4.79 Å². The van der Waals surface area contributed by atoms with Gasteiger partial charge in [0.1, 0.15) is 5.82 Å². The molecule has 0 aliphatic carbocycles. The Kier molecular flexibility index (Phi) is 5.23. The van der Waals surface area contributed by atoms with Crippen molar-refractivity contribution < 1.29 is 18.7 Å². The zero-order valence-corrected chi connectivity index (χ0v) is 11.1. The molecule has 0 saturated carbocycles. The summed E-state index contributed by atoms with van der Waals surface area (Å²) >= 11 is 0. The fraction of sp³-hybridized carbons (Fsp3) is 0.286. The zero-order chi connectivity index (χ0) is 14.4. The average Bonchev–Trinajstić information content (AvgIpc) is 2.30. The number of carbonyl (C=O) groups is 2. The minimum atomic E-state index is -0.578. The molecular formula is C14H16FNO3. The lowest BCUT2D eigenvalue weighted by molar-refractivity contribution is -0.142. The first-order valence-electron chi connectivity index (χ1n) is 5.76. The van der Waals surface area contributed by atoms with Crippen molar-refractivity contribution in [1.29, 1.82) is 0 Å². The minimum absolute atomic E-state index is 0.325. The van der Waals surface area contributed by atoms with Crippen LogP contribution in [0, 0.1) is 12.7 Å². The first-order chi connectivity index (χ1) is 8.88. The van der Waals surface area contributed by atoms with Gasteiger partial charge in [0.25, 0.3) is 5.91 Å². The summed E-state index contributed by atoms with van der Waals surface area (Å²) in [6.45, 7) is 4.72. The fourth-order valence-corrected chi connectivity index (χ4v) is 1.28. The van der Waals surface area contributed by atoms with Gasteiger partial charge >= 0.3 is 5.97 Å². The van der Waals surface area contributed by atoms with Crippen molar-refractivity contribution in [2.24, 2.45) is 0 Å². The van der Waals surface area contributed by atoms with Gasteiger partial charge < -0.3 is 10.1 Å². The molecule has 1 amide bonds. The van der Waals surface area contributed by atoms with Gasteiger partial charge in [0.2, 0.25) is 0 Å². The van der Waals surface area contributed by atoms with Crippen LogP contribution in [0.15, 0.2) is 29.8 Å². The van der Waals surface area contributed by atoms with E-state index in [0.717, 1.165) is 5.57 Å². The van der Waals surface area contributed by atoms with E-state index in [4.69, 9.17) is 4.74 Å². The monoisotopic (exact) mass is 265 g/mol. The van der Waals surface area contributed by atoms with Crippen LogP contribution in [0.4, 0.5) is 10.1 Å².